The number of nitrogens with zero attached hydrogens (tertiary/aromatic N) is 2. The molecule has 0 bridgehead atoms. The quantitative estimate of drug-likeness (QED) is 0.664. The normalized spacial score (nSPS) is 20.8. The predicted molar refractivity (Wildman–Crippen MR) is 98.5 cm³/mol. The van der Waals surface area contributed by atoms with E-state index >= 15 is 0 Å². The monoisotopic (exact) mass is 408 g/mol. The van der Waals surface area contributed by atoms with Crippen LogP contribution in [0.15, 0.2) is 22.6 Å². The molecule has 2 aromatic rings. The number of phenolic OH excluding ortho intramolecular Hbond substituents is 1. The van der Waals surface area contributed by atoms with Crippen LogP contribution >= 0.6 is 0 Å². The molecule has 1 aromatic heterocycles. The highest BCUT2D eigenvalue weighted by molar-refractivity contribution is 5.46. The Morgan fingerprint density at radius 1 is 1.31 bits per heavy atom. The van der Waals surface area contributed by atoms with Crippen LogP contribution < -0.4 is 4.74 Å². The van der Waals surface area contributed by atoms with Crippen molar-refractivity contribution in [2.45, 2.75) is 64.1 Å². The second-order valence-electron chi connectivity index (χ2n) is 7.40. The summed E-state index contributed by atoms with van der Waals surface area (Å²) in [4.78, 5) is 4.46. The molecule has 1 N–H and O–H groups in total. The molecule has 156 valence electrons. The van der Waals surface area contributed by atoms with Gasteiger partial charge in [-0.2, -0.15) is 18.4 Å². The lowest BCUT2D eigenvalue weighted by atomic mass is 9.81. The highest BCUT2D eigenvalue weighted by atomic mass is 19.4. The highest BCUT2D eigenvalue weighted by Crippen LogP contribution is 2.43. The van der Waals surface area contributed by atoms with Crippen molar-refractivity contribution >= 4 is 0 Å². The Bertz CT molecular complexity index is 894. The maximum atomic E-state index is 12.9. The number of rotatable bonds is 5. The van der Waals surface area contributed by atoms with Crippen LogP contribution in [0.3, 0.4) is 0 Å². The van der Waals surface area contributed by atoms with Gasteiger partial charge in [-0.25, -0.2) is 4.98 Å². The number of aromatic nitrogens is 1. The van der Waals surface area contributed by atoms with E-state index < -0.39 is 18.2 Å². The summed E-state index contributed by atoms with van der Waals surface area (Å²) in [5, 5.41) is 18.7. The molecule has 0 radical (unpaired) electrons. The van der Waals surface area contributed by atoms with Crippen molar-refractivity contribution in [3.63, 3.8) is 0 Å². The molecule has 8 heteroatoms. The van der Waals surface area contributed by atoms with E-state index in [0.717, 1.165) is 0 Å². The summed E-state index contributed by atoms with van der Waals surface area (Å²) in [6, 6.07) is 6.30. The molecule has 1 unspecified atom stereocenters. The molecule has 1 aromatic carbocycles. The standard InChI is InChI=1S/C21H23F3N2O3/c1-3-18(28-16-9-6-14(11-25)17(27)10-16)19-12(2)26-20(29-19)13-4-7-15(8-5-13)21(22,23)24/h6,9-10,13,15,18,27H,3-5,7-8H2,1-2H3. The Kier molecular flexibility index (Phi) is 6.06. The van der Waals surface area contributed by atoms with Gasteiger partial charge in [0.2, 0.25) is 0 Å². The molecule has 1 aliphatic carbocycles. The molecule has 0 spiro atoms. The molecule has 0 saturated heterocycles. The molecular weight excluding hydrogens is 385 g/mol. The second-order valence-corrected chi connectivity index (χ2v) is 7.40. The first-order valence-corrected chi connectivity index (χ1v) is 9.66. The van der Waals surface area contributed by atoms with Gasteiger partial charge in [0, 0.05) is 12.0 Å². The van der Waals surface area contributed by atoms with E-state index in [0.29, 0.717) is 42.4 Å². The van der Waals surface area contributed by atoms with Crippen molar-refractivity contribution in [3.8, 4) is 17.6 Å². The van der Waals surface area contributed by atoms with E-state index in [2.05, 4.69) is 4.98 Å². The van der Waals surface area contributed by atoms with Crippen LogP contribution in [0, 0.1) is 24.2 Å². The van der Waals surface area contributed by atoms with Gasteiger partial charge in [-0.1, -0.05) is 6.92 Å². The Morgan fingerprint density at radius 3 is 2.55 bits per heavy atom. The molecular formula is C21H23F3N2O3. The number of aryl methyl sites for hydroxylation is 1. The zero-order chi connectivity index (χ0) is 21.2. The minimum atomic E-state index is -4.14. The summed E-state index contributed by atoms with van der Waals surface area (Å²) in [6.45, 7) is 3.69. The summed E-state index contributed by atoms with van der Waals surface area (Å²) in [5.41, 5.74) is 0.792. The lowest BCUT2D eigenvalue weighted by Gasteiger charge is -2.28. The first kappa shape index (κ1) is 21.0. The first-order valence-electron chi connectivity index (χ1n) is 9.66. The van der Waals surface area contributed by atoms with Gasteiger partial charge in [-0.05, 0) is 51.2 Å². The van der Waals surface area contributed by atoms with Crippen molar-refractivity contribution in [2.75, 3.05) is 0 Å². The smallest absolute Gasteiger partial charge is 0.391 e. The number of aromatic hydroxyl groups is 1. The fourth-order valence-electron chi connectivity index (χ4n) is 3.74. The highest BCUT2D eigenvalue weighted by Gasteiger charge is 2.42. The number of hydrogen-bond donors (Lipinski definition) is 1. The summed E-state index contributed by atoms with van der Waals surface area (Å²) >= 11 is 0. The summed E-state index contributed by atoms with van der Waals surface area (Å²) in [7, 11) is 0. The lowest BCUT2D eigenvalue weighted by Crippen LogP contribution is -2.27. The van der Waals surface area contributed by atoms with Crippen LogP contribution in [-0.4, -0.2) is 16.3 Å². The fraction of sp³-hybridized carbons (Fsp3) is 0.524. The third-order valence-corrected chi connectivity index (χ3v) is 5.42. The van der Waals surface area contributed by atoms with E-state index in [-0.39, 0.29) is 30.1 Å². The largest absolute Gasteiger partial charge is 0.506 e. The molecule has 3 rings (SSSR count). The second kappa shape index (κ2) is 8.36. The summed E-state index contributed by atoms with van der Waals surface area (Å²) < 4.78 is 50.5. The number of hydrogen-bond acceptors (Lipinski definition) is 5. The summed E-state index contributed by atoms with van der Waals surface area (Å²) in [5.74, 6) is -0.164. The number of benzene rings is 1. The van der Waals surface area contributed by atoms with Crippen LogP contribution in [0.25, 0.3) is 0 Å². The Hall–Kier alpha value is -2.69. The molecule has 1 atom stereocenters. The lowest BCUT2D eigenvalue weighted by molar-refractivity contribution is -0.182. The minimum absolute atomic E-state index is 0.0865. The van der Waals surface area contributed by atoms with Crippen molar-refractivity contribution in [1.29, 1.82) is 5.26 Å². The van der Waals surface area contributed by atoms with Gasteiger partial charge in [-0.15, -0.1) is 0 Å². The van der Waals surface area contributed by atoms with Crippen molar-refractivity contribution < 1.29 is 27.4 Å². The van der Waals surface area contributed by atoms with E-state index in [9.17, 15) is 18.3 Å². The van der Waals surface area contributed by atoms with E-state index in [4.69, 9.17) is 14.4 Å². The zero-order valence-electron chi connectivity index (χ0n) is 16.3. The maximum Gasteiger partial charge on any atom is 0.391 e. The Labute approximate surface area is 167 Å². The molecule has 1 fully saturated rings. The maximum absolute atomic E-state index is 12.9. The van der Waals surface area contributed by atoms with Crippen molar-refractivity contribution in [3.05, 3.63) is 41.1 Å². The average Bonchev–Trinajstić information content (AvgIpc) is 3.07. The van der Waals surface area contributed by atoms with Gasteiger partial charge in [0.1, 0.15) is 17.6 Å². The van der Waals surface area contributed by atoms with E-state index in [1.165, 1.54) is 12.1 Å². The fourth-order valence-corrected chi connectivity index (χ4v) is 3.74. The molecule has 29 heavy (non-hydrogen) atoms. The zero-order valence-corrected chi connectivity index (χ0v) is 16.3. The van der Waals surface area contributed by atoms with Gasteiger partial charge in [-0.3, -0.25) is 0 Å². The molecule has 0 aliphatic heterocycles. The van der Waals surface area contributed by atoms with Gasteiger partial charge in [0.25, 0.3) is 0 Å². The topological polar surface area (TPSA) is 79.3 Å². The summed E-state index contributed by atoms with van der Waals surface area (Å²) in [6.07, 6.45) is -3.08. The van der Waals surface area contributed by atoms with Crippen LogP contribution in [-0.2, 0) is 0 Å². The third-order valence-electron chi connectivity index (χ3n) is 5.42. The average molecular weight is 408 g/mol. The van der Waals surface area contributed by atoms with Gasteiger partial charge in [0.05, 0.1) is 17.2 Å². The predicted octanol–water partition coefficient (Wildman–Crippen LogP) is 5.93. The van der Waals surface area contributed by atoms with Crippen molar-refractivity contribution in [2.24, 2.45) is 5.92 Å². The number of nitriles is 1. The van der Waals surface area contributed by atoms with Crippen LogP contribution in [0.5, 0.6) is 11.5 Å². The van der Waals surface area contributed by atoms with Crippen LogP contribution in [0.4, 0.5) is 13.2 Å². The number of oxazole rings is 1. The van der Waals surface area contributed by atoms with Crippen LogP contribution in [0.1, 0.15) is 74.0 Å². The molecule has 5 nitrogen and oxygen atoms in total. The van der Waals surface area contributed by atoms with Gasteiger partial charge < -0.3 is 14.3 Å². The van der Waals surface area contributed by atoms with E-state index in [1.807, 2.05) is 13.0 Å². The molecule has 1 saturated carbocycles. The number of alkyl halides is 3. The van der Waals surface area contributed by atoms with Crippen LogP contribution in [0.2, 0.25) is 0 Å². The van der Waals surface area contributed by atoms with Gasteiger partial charge >= 0.3 is 6.18 Å². The van der Waals surface area contributed by atoms with E-state index in [1.54, 1.807) is 13.0 Å². The Morgan fingerprint density at radius 2 is 2.00 bits per heavy atom. The third kappa shape index (κ3) is 4.66. The van der Waals surface area contributed by atoms with Gasteiger partial charge in [0.15, 0.2) is 17.8 Å². The number of ether oxygens (including phenoxy) is 1. The number of phenols is 1. The Balaban J connectivity index is 1.73. The SMILES string of the molecule is CCC(Oc1ccc(C#N)c(O)c1)c1oc(C2CCC(C(F)(F)F)CC2)nc1C. The first-order chi connectivity index (χ1) is 13.7. The molecule has 1 aliphatic rings. The minimum Gasteiger partial charge on any atom is -0.506 e. The van der Waals surface area contributed by atoms with Crippen molar-refractivity contribution in [1.82, 2.24) is 4.98 Å². The molecule has 1 heterocycles. The number of halogens is 3. The molecule has 0 amide bonds.